The second kappa shape index (κ2) is 33.5. The van der Waals surface area contributed by atoms with Crippen molar-refractivity contribution in [1.29, 1.82) is 0 Å². The quantitative estimate of drug-likeness (QED) is 0.0105. The first-order chi connectivity index (χ1) is 44.8. The highest BCUT2D eigenvalue weighted by molar-refractivity contribution is 7.90. The molecule has 29 heteroatoms. The van der Waals surface area contributed by atoms with E-state index in [9.17, 15) is 55.2 Å². The Kier molecular flexibility index (Phi) is 26.2. The minimum absolute atomic E-state index is 0.00534. The number of piperazine rings is 1. The molecule has 0 unspecified atom stereocenters. The lowest BCUT2D eigenvalue weighted by Crippen LogP contribution is -2.66. The normalized spacial score (nSPS) is 14.9. The Bertz CT molecular complexity index is 3880. The molecule has 1 heterocycles. The number of rotatable bonds is 30. The number of nitrogens with one attached hydrogen (secondary N) is 7. The van der Waals surface area contributed by atoms with Gasteiger partial charge in [-0.05, 0) is 143 Å². The number of nitrogens with zero attached hydrogens (tertiary/aromatic N) is 2. The van der Waals surface area contributed by atoms with Crippen LogP contribution in [0.15, 0.2) is 112 Å². The van der Waals surface area contributed by atoms with Crippen molar-refractivity contribution >= 4 is 73.6 Å². The van der Waals surface area contributed by atoms with Crippen molar-refractivity contribution in [2.45, 2.75) is 154 Å². The maximum absolute atomic E-state index is 14.8. The molecule has 1 saturated heterocycles. The summed E-state index contributed by atoms with van der Waals surface area (Å²) in [5.41, 5.74) is 10.4. The van der Waals surface area contributed by atoms with Gasteiger partial charge in [0, 0.05) is 26.2 Å². The van der Waals surface area contributed by atoms with E-state index in [0.29, 0.717) is 67.1 Å². The van der Waals surface area contributed by atoms with Gasteiger partial charge in [0.15, 0.2) is 0 Å². The third kappa shape index (κ3) is 21.5. The maximum Gasteiger partial charge on any atom is 0.408 e. The first-order valence-electron chi connectivity index (χ1n) is 30.3. The molecule has 1 aliphatic heterocycles. The summed E-state index contributed by atoms with van der Waals surface area (Å²) in [6.45, 7) is 12.7. The number of methoxy groups -OCH3 is 2. The molecule has 1 fully saturated rings. The lowest BCUT2D eigenvalue weighted by Gasteiger charge is -2.39. The minimum Gasteiger partial charge on any atom is -0.496 e. The van der Waals surface area contributed by atoms with E-state index in [1.165, 1.54) is 14.2 Å². The highest BCUT2D eigenvalue weighted by atomic mass is 32.2. The van der Waals surface area contributed by atoms with E-state index in [1.807, 2.05) is 0 Å². The van der Waals surface area contributed by atoms with Crippen LogP contribution in [0.25, 0.3) is 0 Å². The molecule has 9 N–H and O–H groups in total. The molecule has 0 spiro atoms. The van der Waals surface area contributed by atoms with Crippen molar-refractivity contribution in [3.8, 4) is 11.5 Å². The van der Waals surface area contributed by atoms with Crippen molar-refractivity contribution in [2.24, 2.45) is 10.7 Å². The summed E-state index contributed by atoms with van der Waals surface area (Å²) in [4.78, 5) is 116. The van der Waals surface area contributed by atoms with Crippen LogP contribution in [0.2, 0.25) is 0 Å². The molecule has 0 bridgehead atoms. The van der Waals surface area contributed by atoms with E-state index < -0.39 is 129 Å². The second-order valence-corrected chi connectivity index (χ2v) is 27.0. The molecule has 6 amide bonds. The molecule has 0 aromatic heterocycles. The van der Waals surface area contributed by atoms with Crippen LogP contribution in [0.5, 0.6) is 11.5 Å². The minimum atomic E-state index is -4.25. The van der Waals surface area contributed by atoms with Gasteiger partial charge in [-0.1, -0.05) is 84.9 Å². The zero-order valence-electron chi connectivity index (χ0n) is 55.1. The van der Waals surface area contributed by atoms with E-state index in [1.54, 1.807) is 159 Å². The summed E-state index contributed by atoms with van der Waals surface area (Å²) < 4.78 is 86.4. The van der Waals surface area contributed by atoms with Crippen LogP contribution in [0.3, 0.4) is 0 Å². The number of amides is 6. The molecular formula is C66H84N10O17S2. The van der Waals surface area contributed by atoms with Crippen molar-refractivity contribution in [3.63, 3.8) is 0 Å². The Labute approximate surface area is 553 Å². The van der Waals surface area contributed by atoms with Gasteiger partial charge in [-0.25, -0.2) is 31.1 Å². The van der Waals surface area contributed by atoms with E-state index in [-0.39, 0.29) is 55.5 Å². The number of benzene rings is 5. The Morgan fingerprint density at radius 3 is 1.76 bits per heavy atom. The van der Waals surface area contributed by atoms with Crippen LogP contribution in [-0.4, -0.2) is 139 Å². The third-order valence-electron chi connectivity index (χ3n) is 15.3. The van der Waals surface area contributed by atoms with Crippen LogP contribution < -0.4 is 51.2 Å². The number of guanidine groups is 1. The number of hydrogen-bond acceptors (Lipinski definition) is 18. The average molecular weight is 1350 g/mol. The van der Waals surface area contributed by atoms with Gasteiger partial charge in [-0.15, -0.1) is 0 Å². The molecule has 95 heavy (non-hydrogen) atoms. The fourth-order valence-corrected chi connectivity index (χ4v) is 13.4. The highest BCUT2D eigenvalue weighted by Gasteiger charge is 2.42. The molecule has 4 atom stereocenters. The topological polar surface area (TPSA) is 377 Å². The molecule has 1 aliphatic rings. The van der Waals surface area contributed by atoms with Gasteiger partial charge in [-0.3, -0.25) is 38.6 Å². The Morgan fingerprint density at radius 1 is 0.663 bits per heavy atom. The van der Waals surface area contributed by atoms with Crippen LogP contribution in [0.4, 0.5) is 4.79 Å². The predicted molar refractivity (Wildman–Crippen MR) is 350 cm³/mol. The number of nitrogens with two attached hydrogens (primary N) is 1. The summed E-state index contributed by atoms with van der Waals surface area (Å²) >= 11 is 0. The lowest BCUT2D eigenvalue weighted by molar-refractivity contribution is -0.156. The van der Waals surface area contributed by atoms with Gasteiger partial charge in [0.2, 0.25) is 45.5 Å². The molecule has 0 radical (unpaired) electrons. The molecule has 6 rings (SSSR count). The SMILES string of the molecule is COc1cc(C)c(S(=O)(=O)NCc2ccc(CN3C(=O)[C@H](CC(=O)N[C@@H](CCCN=C(N)NS(=O)(=O)c4c(C)cc(OC)c(C)c4C)C(=O)NCC(=O)OCc4ccccc4)NC(=O)[C@H]3CNC(=O)[C@H](CC(=O)OC(C)(C)C)NC(=O)OCc3ccccc3)cc2)c(C)c1C. The predicted octanol–water partition coefficient (Wildman–Crippen LogP) is 4.18. The zero-order chi connectivity index (χ0) is 70.0. The molecule has 0 aliphatic carbocycles. The smallest absolute Gasteiger partial charge is 0.408 e. The molecule has 27 nitrogen and oxygen atoms in total. The third-order valence-corrected chi connectivity index (χ3v) is 18.6. The van der Waals surface area contributed by atoms with E-state index >= 15 is 0 Å². The number of hydrogen-bond donors (Lipinski definition) is 8. The van der Waals surface area contributed by atoms with Crippen molar-refractivity contribution < 1.29 is 78.9 Å². The first kappa shape index (κ1) is 74.4. The number of alkyl carbamates (subject to hydrolysis) is 1. The largest absolute Gasteiger partial charge is 0.496 e. The molecule has 512 valence electrons. The van der Waals surface area contributed by atoms with E-state index in [0.717, 1.165) is 4.90 Å². The van der Waals surface area contributed by atoms with Gasteiger partial charge in [-0.2, -0.15) is 0 Å². The molecular weight excluding hydrogens is 1270 g/mol. The molecule has 0 saturated carbocycles. The summed E-state index contributed by atoms with van der Waals surface area (Å²) in [7, 11) is -5.34. The van der Waals surface area contributed by atoms with Gasteiger partial charge >= 0.3 is 18.0 Å². The Balaban J connectivity index is 1.22. The van der Waals surface area contributed by atoms with Gasteiger partial charge in [0.1, 0.15) is 61.0 Å². The van der Waals surface area contributed by atoms with E-state index in [4.69, 9.17) is 29.4 Å². The lowest BCUT2D eigenvalue weighted by atomic mass is 10.0. The Morgan fingerprint density at radius 2 is 1.20 bits per heavy atom. The fraction of sp³-hybridized carbons (Fsp3) is 0.409. The van der Waals surface area contributed by atoms with Crippen molar-refractivity contribution in [1.82, 2.24) is 40.9 Å². The van der Waals surface area contributed by atoms with Gasteiger partial charge in [0.05, 0.1) is 36.9 Å². The summed E-state index contributed by atoms with van der Waals surface area (Å²) in [6.07, 6.45) is -2.67. The Hall–Kier alpha value is -9.61. The van der Waals surface area contributed by atoms with Crippen LogP contribution in [0, 0.1) is 41.5 Å². The maximum atomic E-state index is 14.8. The van der Waals surface area contributed by atoms with Crippen LogP contribution in [-0.2, 0) is 94.1 Å². The molecule has 5 aromatic carbocycles. The number of aryl methyl sites for hydroxylation is 2. The summed E-state index contributed by atoms with van der Waals surface area (Å²) in [5.74, 6) is -5.53. The fourth-order valence-electron chi connectivity index (χ4n) is 10.3. The molecule has 5 aromatic rings. The average Bonchev–Trinajstić information content (AvgIpc) is 0.797. The highest BCUT2D eigenvalue weighted by Crippen LogP contribution is 2.32. The number of sulfonamides is 2. The second-order valence-electron chi connectivity index (χ2n) is 23.6. The number of carbonyl (C=O) groups is 8. The van der Waals surface area contributed by atoms with Crippen LogP contribution >= 0.6 is 0 Å². The summed E-state index contributed by atoms with van der Waals surface area (Å²) in [6, 6.07) is 20.9. The first-order valence-corrected chi connectivity index (χ1v) is 33.3. The number of esters is 2. The zero-order valence-corrected chi connectivity index (χ0v) is 56.7. The van der Waals surface area contributed by atoms with E-state index in [2.05, 4.69) is 41.0 Å². The number of ether oxygens (including phenoxy) is 5. The number of aliphatic imine (C=N–C) groups is 1. The summed E-state index contributed by atoms with van der Waals surface area (Å²) in [5, 5.41) is 12.6. The van der Waals surface area contributed by atoms with Crippen LogP contribution in [0.1, 0.15) is 102 Å². The number of carbonyl (C=O) groups excluding carboxylic acids is 8. The van der Waals surface area contributed by atoms with Gasteiger partial charge in [0.25, 0.3) is 10.0 Å². The van der Waals surface area contributed by atoms with Gasteiger partial charge < -0.3 is 60.9 Å². The standard InChI is InChI=1S/C66H84N10O17S2/c1-39-29-53(89-10)41(3)43(5)58(39)94(85,86)71-33-45-24-26-46(27-25-45)36-76-52(34-69-61(81)50(32-56(78)93-66(7,8)9)74-65(84)92-38-48-21-16-13-17-22-48)62(82)73-51(63(76)83)31-55(77)72-49(60(80)70-35-57(79)91-37-47-19-14-12-15-20-47)23-18-28-68-64(67)75-95(87,88)59-40(2)30-54(90-11)42(4)44(59)6/h12-17,19-22,24-27,29-30,49-52,71H,18,23,28,31-38H2,1-11H3,(H,69,81)(H,70,80)(H,72,77)(H,73,82)(H,74,84)(H3,67,68,75)/t49-,50-,51-,52+/m0/s1. The monoisotopic (exact) mass is 1350 g/mol. The van der Waals surface area contributed by atoms with Crippen molar-refractivity contribution in [3.05, 3.63) is 153 Å². The van der Waals surface area contributed by atoms with Crippen molar-refractivity contribution in [2.75, 3.05) is 33.9 Å².